The van der Waals surface area contributed by atoms with Gasteiger partial charge in [0.25, 0.3) is 0 Å². The van der Waals surface area contributed by atoms with Gasteiger partial charge in [0, 0.05) is 30.4 Å². The number of aromatic nitrogens is 5. The molecule has 0 bridgehead atoms. The summed E-state index contributed by atoms with van der Waals surface area (Å²) in [4.78, 5) is 25.3. The number of methoxy groups -OCH3 is 1. The van der Waals surface area contributed by atoms with Crippen LogP contribution in [-0.2, 0) is 15.0 Å². The number of hydrogen-bond donors (Lipinski definition) is 0. The van der Waals surface area contributed by atoms with Gasteiger partial charge >= 0.3 is 5.97 Å². The minimum Gasteiger partial charge on any atom is -0.465 e. The van der Waals surface area contributed by atoms with E-state index in [1.165, 1.54) is 7.11 Å². The first-order valence-corrected chi connectivity index (χ1v) is 17.7. The number of rotatable bonds is 8. The molecule has 9 rings (SSSR count). The van der Waals surface area contributed by atoms with Gasteiger partial charge in [-0.3, -0.25) is 9.25 Å². The van der Waals surface area contributed by atoms with E-state index >= 15 is 0 Å². The minimum atomic E-state index is -0.761. The maximum Gasteiger partial charge on any atom is 0.340 e. The number of hydrogen-bond acceptors (Lipinski definition) is 7. The summed E-state index contributed by atoms with van der Waals surface area (Å²) in [5.74, 6) is -0.431. The monoisotopic (exact) mass is 696 g/mol. The maximum absolute atomic E-state index is 13.1. The van der Waals surface area contributed by atoms with E-state index in [0.717, 1.165) is 63.3 Å². The molecule has 0 aliphatic carbocycles. The molecule has 1 saturated heterocycles. The van der Waals surface area contributed by atoms with Crippen molar-refractivity contribution >= 4 is 33.6 Å². The lowest BCUT2D eigenvalue weighted by atomic mass is 9.77. The van der Waals surface area contributed by atoms with Gasteiger partial charge in [-0.2, -0.15) is 5.10 Å². The average Bonchev–Trinajstić information content (AvgIpc) is 3.90. The molecule has 0 N–H and O–H groups in total. The Bertz CT molecular complexity index is 2460. The molecule has 0 amide bonds. The summed E-state index contributed by atoms with van der Waals surface area (Å²) < 4.78 is 14.9. The number of carbonyl (C=O) groups excluding carboxylic acids is 1. The van der Waals surface area contributed by atoms with Crippen LogP contribution in [0.4, 0.5) is 5.69 Å². The number of nitrogens with zero attached hydrogens (tertiary/aromatic N) is 6. The molecule has 0 radical (unpaired) electrons. The van der Waals surface area contributed by atoms with Crippen LogP contribution in [0.15, 0.2) is 152 Å². The second kappa shape index (κ2) is 13.5. The van der Waals surface area contributed by atoms with Gasteiger partial charge in [0.15, 0.2) is 0 Å². The van der Waals surface area contributed by atoms with Gasteiger partial charge in [0.05, 0.1) is 48.3 Å². The molecular weight excluding hydrogens is 661 g/mol. The van der Waals surface area contributed by atoms with Gasteiger partial charge in [-0.05, 0) is 47.0 Å². The lowest BCUT2D eigenvalue weighted by Gasteiger charge is -2.36. The Morgan fingerprint density at radius 1 is 0.736 bits per heavy atom. The summed E-state index contributed by atoms with van der Waals surface area (Å²) in [5, 5.41) is 6.29. The number of pyridine rings is 1. The Kier molecular flexibility index (Phi) is 8.25. The van der Waals surface area contributed by atoms with Gasteiger partial charge in [0.1, 0.15) is 23.1 Å². The number of esters is 1. The molecule has 4 heterocycles. The van der Waals surface area contributed by atoms with Gasteiger partial charge in [-0.15, -0.1) is 0 Å². The van der Waals surface area contributed by atoms with Crippen molar-refractivity contribution in [3.05, 3.63) is 174 Å². The lowest BCUT2D eigenvalue weighted by Crippen LogP contribution is -2.38. The van der Waals surface area contributed by atoms with Crippen LogP contribution in [-0.4, -0.2) is 63.7 Å². The summed E-state index contributed by atoms with van der Waals surface area (Å²) in [7, 11) is 1.40. The molecule has 0 atom stereocenters. The van der Waals surface area contributed by atoms with Crippen molar-refractivity contribution in [1.82, 2.24) is 24.3 Å². The standard InChI is InChI=1S/C44H36N6O3/c1-52-43(51)36-27-34(48-23-25-53-26-24-48)28-41-42(36)45-30-49(41)40-29-39(46-37-20-12-11-19-35(37)40)38-21-22-50(47-38)44(31-13-5-2-6-14-31,32-15-7-3-8-16-32)33-17-9-4-10-18-33/h2-22,27-30H,23-26H2,1H3. The first-order chi connectivity index (χ1) is 26.1. The third-order valence-corrected chi connectivity index (χ3v) is 10.1. The number of benzene rings is 5. The minimum absolute atomic E-state index is 0.418. The zero-order valence-electron chi connectivity index (χ0n) is 29.2. The number of morpholine rings is 1. The molecule has 1 aliphatic heterocycles. The highest BCUT2D eigenvalue weighted by atomic mass is 16.5. The lowest BCUT2D eigenvalue weighted by molar-refractivity contribution is 0.0602. The van der Waals surface area contributed by atoms with E-state index in [0.29, 0.717) is 30.0 Å². The molecule has 5 aromatic carbocycles. The first-order valence-electron chi connectivity index (χ1n) is 17.7. The Morgan fingerprint density at radius 2 is 1.36 bits per heavy atom. The van der Waals surface area contributed by atoms with Crippen LogP contribution in [0, 0.1) is 0 Å². The molecule has 0 unspecified atom stereocenters. The molecule has 0 spiro atoms. The predicted molar refractivity (Wildman–Crippen MR) is 207 cm³/mol. The van der Waals surface area contributed by atoms with Crippen LogP contribution < -0.4 is 4.90 Å². The Labute approximate surface area is 306 Å². The molecule has 3 aromatic heterocycles. The SMILES string of the molecule is COC(=O)c1cc(N2CCOCC2)cc2c1ncn2-c1cc(-c2ccn(C(c3ccccc3)(c3ccccc3)c3ccccc3)n2)nc2ccccc12. The van der Waals surface area contributed by atoms with Crippen LogP contribution in [0.1, 0.15) is 27.0 Å². The fraction of sp³-hybridized carbons (Fsp3) is 0.136. The summed E-state index contributed by atoms with van der Waals surface area (Å²) in [6, 6.07) is 47.6. The summed E-state index contributed by atoms with van der Waals surface area (Å²) in [6.45, 7) is 2.69. The number of anilines is 1. The number of ether oxygens (including phenoxy) is 2. The van der Waals surface area contributed by atoms with Gasteiger partial charge in [-0.25, -0.2) is 14.8 Å². The zero-order chi connectivity index (χ0) is 35.8. The Hall–Kier alpha value is -6.58. The van der Waals surface area contributed by atoms with Crippen LogP contribution in [0.5, 0.6) is 0 Å². The molecule has 1 aliphatic rings. The normalized spacial score (nSPS) is 13.4. The third kappa shape index (κ3) is 5.53. The van der Waals surface area contributed by atoms with Crippen molar-refractivity contribution in [2.45, 2.75) is 5.54 Å². The van der Waals surface area contributed by atoms with E-state index in [4.69, 9.17) is 24.5 Å². The maximum atomic E-state index is 13.1. The van der Waals surface area contributed by atoms with Crippen LogP contribution in [0.25, 0.3) is 39.0 Å². The highest BCUT2D eigenvalue weighted by Crippen LogP contribution is 2.41. The highest BCUT2D eigenvalue weighted by Gasteiger charge is 2.39. The molecule has 1 fully saturated rings. The largest absolute Gasteiger partial charge is 0.465 e. The van der Waals surface area contributed by atoms with Gasteiger partial charge in [-0.1, -0.05) is 109 Å². The summed E-state index contributed by atoms with van der Waals surface area (Å²) in [6.07, 6.45) is 3.82. The topological polar surface area (TPSA) is 87.3 Å². The number of fused-ring (bicyclic) bond motifs is 2. The van der Waals surface area contributed by atoms with Gasteiger partial charge < -0.3 is 14.4 Å². The quantitative estimate of drug-likeness (QED) is 0.118. The fourth-order valence-electron chi connectivity index (χ4n) is 7.63. The van der Waals surface area contributed by atoms with Crippen LogP contribution in [0.2, 0.25) is 0 Å². The molecule has 9 nitrogen and oxygen atoms in total. The van der Waals surface area contributed by atoms with E-state index in [1.54, 1.807) is 6.33 Å². The highest BCUT2D eigenvalue weighted by molar-refractivity contribution is 6.04. The average molecular weight is 697 g/mol. The summed E-state index contributed by atoms with van der Waals surface area (Å²) >= 11 is 0. The second-order valence-electron chi connectivity index (χ2n) is 13.1. The van der Waals surface area contributed by atoms with Crippen molar-refractivity contribution in [1.29, 1.82) is 0 Å². The number of para-hydroxylation sites is 1. The molecule has 53 heavy (non-hydrogen) atoms. The van der Waals surface area contributed by atoms with Crippen LogP contribution in [0.3, 0.4) is 0 Å². The van der Waals surface area contributed by atoms with E-state index in [2.05, 4.69) is 101 Å². The smallest absolute Gasteiger partial charge is 0.340 e. The zero-order valence-corrected chi connectivity index (χ0v) is 29.2. The predicted octanol–water partition coefficient (Wildman–Crippen LogP) is 7.90. The van der Waals surface area contributed by atoms with E-state index < -0.39 is 11.5 Å². The molecule has 0 saturated carbocycles. The second-order valence-corrected chi connectivity index (χ2v) is 13.1. The molecule has 8 aromatic rings. The van der Waals surface area contributed by atoms with Crippen molar-refractivity contribution in [2.75, 3.05) is 38.3 Å². The van der Waals surface area contributed by atoms with Crippen molar-refractivity contribution < 1.29 is 14.3 Å². The fourth-order valence-corrected chi connectivity index (χ4v) is 7.63. The number of imidazole rings is 1. The van der Waals surface area contributed by atoms with Crippen molar-refractivity contribution in [2.24, 2.45) is 0 Å². The van der Waals surface area contributed by atoms with E-state index in [9.17, 15) is 4.79 Å². The van der Waals surface area contributed by atoms with Crippen molar-refractivity contribution in [3.63, 3.8) is 0 Å². The van der Waals surface area contributed by atoms with E-state index in [-0.39, 0.29) is 0 Å². The number of carbonyl (C=O) groups is 1. The Balaban J connectivity index is 1.25. The van der Waals surface area contributed by atoms with E-state index in [1.807, 2.05) is 59.3 Å². The van der Waals surface area contributed by atoms with Gasteiger partial charge in [0.2, 0.25) is 0 Å². The summed E-state index contributed by atoms with van der Waals surface area (Å²) in [5.41, 5.74) is 8.30. The first kappa shape index (κ1) is 32.3. The van der Waals surface area contributed by atoms with Crippen molar-refractivity contribution in [3.8, 4) is 17.1 Å². The molecule has 9 heteroatoms. The third-order valence-electron chi connectivity index (χ3n) is 10.1. The van der Waals surface area contributed by atoms with Crippen LogP contribution >= 0.6 is 0 Å². The molecular formula is C44H36N6O3. The molecule has 260 valence electrons. The Morgan fingerprint density at radius 3 is 2.00 bits per heavy atom.